The number of benzene rings is 1. The van der Waals surface area contributed by atoms with Crippen LogP contribution in [-0.2, 0) is 6.42 Å². The van der Waals surface area contributed by atoms with Crippen LogP contribution in [0.5, 0.6) is 11.5 Å². The van der Waals surface area contributed by atoms with Gasteiger partial charge in [-0.25, -0.2) is 0 Å². The molecule has 5 nitrogen and oxygen atoms in total. The van der Waals surface area contributed by atoms with E-state index in [0.29, 0.717) is 18.7 Å². The van der Waals surface area contributed by atoms with Crippen molar-refractivity contribution in [2.75, 3.05) is 13.7 Å². The maximum atomic E-state index is 9.44. The van der Waals surface area contributed by atoms with Gasteiger partial charge < -0.3 is 9.84 Å². The number of azide groups is 1. The third-order valence-electron chi connectivity index (χ3n) is 1.83. The lowest BCUT2D eigenvalue weighted by Gasteiger charge is -2.05. The van der Waals surface area contributed by atoms with Gasteiger partial charge in [0.2, 0.25) is 0 Å². The van der Waals surface area contributed by atoms with Gasteiger partial charge in [0.1, 0.15) is 11.5 Å². The van der Waals surface area contributed by atoms with Gasteiger partial charge in [-0.05, 0) is 35.7 Å². The van der Waals surface area contributed by atoms with Crippen molar-refractivity contribution in [2.24, 2.45) is 5.11 Å². The van der Waals surface area contributed by atoms with Crippen LogP contribution in [0.1, 0.15) is 5.56 Å². The molecule has 1 aromatic carbocycles. The van der Waals surface area contributed by atoms with Crippen LogP contribution in [0, 0.1) is 0 Å². The van der Waals surface area contributed by atoms with Gasteiger partial charge in [0, 0.05) is 11.5 Å². The molecule has 0 aromatic heterocycles. The third kappa shape index (κ3) is 2.57. The van der Waals surface area contributed by atoms with Crippen molar-refractivity contribution in [1.82, 2.24) is 0 Å². The van der Waals surface area contributed by atoms with Crippen LogP contribution in [-0.4, -0.2) is 18.8 Å². The molecule has 5 heteroatoms. The van der Waals surface area contributed by atoms with Gasteiger partial charge in [0.05, 0.1) is 7.11 Å². The van der Waals surface area contributed by atoms with Crippen molar-refractivity contribution in [3.63, 3.8) is 0 Å². The van der Waals surface area contributed by atoms with Gasteiger partial charge in [-0.3, -0.25) is 0 Å². The average molecular weight is 193 g/mol. The quantitative estimate of drug-likeness (QED) is 0.452. The lowest BCUT2D eigenvalue weighted by molar-refractivity contribution is 0.411. The van der Waals surface area contributed by atoms with Gasteiger partial charge in [0.25, 0.3) is 0 Å². The number of phenolic OH excluding ortho intramolecular Hbond substituents is 1. The zero-order chi connectivity index (χ0) is 10.4. The fraction of sp³-hybridized carbons (Fsp3) is 0.333. The number of nitrogens with zero attached hydrogens (tertiary/aromatic N) is 3. The molecule has 0 saturated carbocycles. The molecule has 0 heterocycles. The lowest BCUT2D eigenvalue weighted by atomic mass is 10.1. The minimum absolute atomic E-state index is 0.193. The van der Waals surface area contributed by atoms with E-state index in [2.05, 4.69) is 10.0 Å². The molecule has 0 radical (unpaired) electrons. The van der Waals surface area contributed by atoms with E-state index in [1.807, 2.05) is 0 Å². The molecule has 14 heavy (non-hydrogen) atoms. The highest BCUT2D eigenvalue weighted by Crippen LogP contribution is 2.23. The highest BCUT2D eigenvalue weighted by Gasteiger charge is 2.01. The van der Waals surface area contributed by atoms with E-state index in [4.69, 9.17) is 10.3 Å². The maximum absolute atomic E-state index is 9.44. The van der Waals surface area contributed by atoms with E-state index in [1.165, 1.54) is 0 Å². The summed E-state index contributed by atoms with van der Waals surface area (Å²) in [6.07, 6.45) is 0.507. The maximum Gasteiger partial charge on any atom is 0.119 e. The highest BCUT2D eigenvalue weighted by molar-refractivity contribution is 5.39. The first-order valence-electron chi connectivity index (χ1n) is 4.14. The van der Waals surface area contributed by atoms with Gasteiger partial charge >= 0.3 is 0 Å². The van der Waals surface area contributed by atoms with Gasteiger partial charge in [-0.2, -0.15) is 0 Å². The van der Waals surface area contributed by atoms with Crippen molar-refractivity contribution < 1.29 is 9.84 Å². The first-order chi connectivity index (χ1) is 6.77. The third-order valence-corrected chi connectivity index (χ3v) is 1.83. The van der Waals surface area contributed by atoms with Crippen LogP contribution in [0.25, 0.3) is 10.4 Å². The first-order valence-corrected chi connectivity index (χ1v) is 4.14. The minimum Gasteiger partial charge on any atom is -0.508 e. The van der Waals surface area contributed by atoms with Gasteiger partial charge in [-0.1, -0.05) is 5.11 Å². The summed E-state index contributed by atoms with van der Waals surface area (Å²) in [5, 5.41) is 12.8. The van der Waals surface area contributed by atoms with Crippen molar-refractivity contribution in [3.05, 3.63) is 34.2 Å². The monoisotopic (exact) mass is 193 g/mol. The van der Waals surface area contributed by atoms with Crippen LogP contribution in [0.2, 0.25) is 0 Å². The average Bonchev–Trinajstić information content (AvgIpc) is 2.21. The lowest BCUT2D eigenvalue weighted by Crippen LogP contribution is -1.91. The van der Waals surface area contributed by atoms with Crippen molar-refractivity contribution in [1.29, 1.82) is 0 Å². The molecule has 0 aliphatic heterocycles. The Labute approximate surface area is 81.6 Å². The Bertz CT molecular complexity index is 359. The van der Waals surface area contributed by atoms with E-state index in [1.54, 1.807) is 25.3 Å². The number of methoxy groups -OCH3 is 1. The summed E-state index contributed by atoms with van der Waals surface area (Å²) in [6, 6.07) is 4.96. The van der Waals surface area contributed by atoms with Gasteiger partial charge in [-0.15, -0.1) is 0 Å². The van der Waals surface area contributed by atoms with Crippen LogP contribution in [0.15, 0.2) is 23.3 Å². The van der Waals surface area contributed by atoms with Crippen LogP contribution < -0.4 is 4.74 Å². The highest BCUT2D eigenvalue weighted by atomic mass is 16.5. The molecule has 0 spiro atoms. The zero-order valence-electron chi connectivity index (χ0n) is 7.84. The number of phenols is 1. The molecule has 0 atom stereocenters. The number of ether oxygens (including phenoxy) is 1. The molecule has 1 N–H and O–H groups in total. The molecule has 1 rings (SSSR count). The second-order valence-electron chi connectivity index (χ2n) is 2.70. The topological polar surface area (TPSA) is 78.2 Å². The summed E-state index contributed by atoms with van der Waals surface area (Å²) in [5.74, 6) is 0.873. The SMILES string of the molecule is COc1ccc(O)c(CCN=[N+]=[N-])c1. The van der Waals surface area contributed by atoms with E-state index >= 15 is 0 Å². The Kier molecular flexibility index (Phi) is 3.64. The summed E-state index contributed by atoms with van der Waals surface area (Å²) in [4.78, 5) is 2.64. The van der Waals surface area contributed by atoms with E-state index in [0.717, 1.165) is 5.56 Å². The molecule has 0 aliphatic carbocycles. The standard InChI is InChI=1S/C9H11N3O2/c1-14-8-2-3-9(13)7(6-8)4-5-11-12-10/h2-3,6,13H,4-5H2,1H3. The molecule has 0 aliphatic rings. The van der Waals surface area contributed by atoms with Crippen LogP contribution in [0.3, 0.4) is 0 Å². The van der Waals surface area contributed by atoms with Crippen molar-refractivity contribution in [3.8, 4) is 11.5 Å². The fourth-order valence-corrected chi connectivity index (χ4v) is 1.10. The first kappa shape index (κ1) is 10.2. The predicted octanol–water partition coefficient (Wildman–Crippen LogP) is 2.25. The Morgan fingerprint density at radius 3 is 3.00 bits per heavy atom. The molecule has 0 amide bonds. The van der Waals surface area contributed by atoms with E-state index in [-0.39, 0.29) is 5.75 Å². The number of rotatable bonds is 4. The summed E-state index contributed by atoms with van der Waals surface area (Å²) in [7, 11) is 1.56. The summed E-state index contributed by atoms with van der Waals surface area (Å²) < 4.78 is 5.00. The predicted molar refractivity (Wildman–Crippen MR) is 52.4 cm³/mol. The normalized spacial score (nSPS) is 9.21. The summed E-state index contributed by atoms with van der Waals surface area (Å²) in [5.41, 5.74) is 8.80. The molecule has 1 aromatic rings. The number of hydrogen-bond donors (Lipinski definition) is 1. The van der Waals surface area contributed by atoms with E-state index in [9.17, 15) is 5.11 Å². The van der Waals surface area contributed by atoms with Crippen LogP contribution >= 0.6 is 0 Å². The molecule has 0 bridgehead atoms. The fourth-order valence-electron chi connectivity index (χ4n) is 1.10. The Morgan fingerprint density at radius 1 is 1.57 bits per heavy atom. The Morgan fingerprint density at radius 2 is 2.36 bits per heavy atom. The summed E-state index contributed by atoms with van der Waals surface area (Å²) >= 11 is 0. The molecular weight excluding hydrogens is 182 g/mol. The number of hydrogen-bond acceptors (Lipinski definition) is 3. The second kappa shape index (κ2) is 4.99. The smallest absolute Gasteiger partial charge is 0.119 e. The Hall–Kier alpha value is -1.87. The molecule has 0 fully saturated rings. The van der Waals surface area contributed by atoms with Crippen molar-refractivity contribution >= 4 is 0 Å². The largest absolute Gasteiger partial charge is 0.508 e. The second-order valence-corrected chi connectivity index (χ2v) is 2.70. The molecular formula is C9H11N3O2. The number of aromatic hydroxyl groups is 1. The summed E-state index contributed by atoms with van der Waals surface area (Å²) in [6.45, 7) is 0.331. The van der Waals surface area contributed by atoms with Crippen LogP contribution in [0.4, 0.5) is 0 Å². The zero-order valence-corrected chi connectivity index (χ0v) is 7.84. The Balaban J connectivity index is 2.78. The molecule has 0 saturated heterocycles. The molecule has 74 valence electrons. The van der Waals surface area contributed by atoms with Gasteiger partial charge in [0.15, 0.2) is 0 Å². The minimum atomic E-state index is 0.193. The molecule has 0 unspecified atom stereocenters. The van der Waals surface area contributed by atoms with E-state index < -0.39 is 0 Å². The van der Waals surface area contributed by atoms with Crippen molar-refractivity contribution in [2.45, 2.75) is 6.42 Å².